The van der Waals surface area contributed by atoms with Crippen molar-refractivity contribution in [2.24, 2.45) is 5.73 Å². The second-order valence-electron chi connectivity index (χ2n) is 4.43. The monoisotopic (exact) mass is 329 g/mol. The Morgan fingerprint density at radius 3 is 2.30 bits per heavy atom. The van der Waals surface area contributed by atoms with Gasteiger partial charge in [0.1, 0.15) is 12.4 Å². The average Bonchev–Trinajstić information content (AvgIpc) is 2.41. The van der Waals surface area contributed by atoms with Crippen molar-refractivity contribution in [2.75, 3.05) is 6.61 Å². The van der Waals surface area contributed by atoms with E-state index in [2.05, 4.69) is 0 Å². The van der Waals surface area contributed by atoms with Crippen molar-refractivity contribution in [1.82, 2.24) is 0 Å². The van der Waals surface area contributed by atoms with E-state index in [0.717, 1.165) is 5.56 Å². The van der Waals surface area contributed by atoms with Crippen molar-refractivity contribution in [3.8, 4) is 5.75 Å². The number of hydrogen-bond acceptors (Lipinski definition) is 2. The van der Waals surface area contributed by atoms with Gasteiger partial charge in [0.2, 0.25) is 0 Å². The van der Waals surface area contributed by atoms with Crippen molar-refractivity contribution < 1.29 is 4.74 Å². The standard InChI is InChI=1S/C15H14Cl3NO/c16-10-3-1-4-12(7-10)20-9-11(19)8-13-14(17)5-2-6-15(13)18/h1-7,11H,8-9,19H2. The van der Waals surface area contributed by atoms with E-state index in [1.165, 1.54) is 0 Å². The first-order valence-electron chi connectivity index (χ1n) is 6.13. The van der Waals surface area contributed by atoms with Crippen LogP contribution in [0.25, 0.3) is 0 Å². The van der Waals surface area contributed by atoms with E-state index in [1.54, 1.807) is 24.3 Å². The smallest absolute Gasteiger partial charge is 0.120 e. The molecule has 0 aliphatic rings. The van der Waals surface area contributed by atoms with Crippen molar-refractivity contribution in [3.63, 3.8) is 0 Å². The van der Waals surface area contributed by atoms with Crippen LogP contribution in [-0.4, -0.2) is 12.6 Å². The second kappa shape index (κ2) is 7.19. The van der Waals surface area contributed by atoms with Gasteiger partial charge in [0.25, 0.3) is 0 Å². The molecule has 1 unspecified atom stereocenters. The van der Waals surface area contributed by atoms with Gasteiger partial charge >= 0.3 is 0 Å². The molecule has 0 saturated heterocycles. The minimum Gasteiger partial charge on any atom is -0.492 e. The molecule has 0 spiro atoms. The third kappa shape index (κ3) is 4.29. The molecule has 0 fully saturated rings. The minimum atomic E-state index is -0.202. The molecule has 0 saturated carbocycles. The van der Waals surface area contributed by atoms with E-state index in [-0.39, 0.29) is 6.04 Å². The van der Waals surface area contributed by atoms with Crippen LogP contribution in [0.5, 0.6) is 5.75 Å². The molecule has 2 N–H and O–H groups in total. The highest BCUT2D eigenvalue weighted by molar-refractivity contribution is 6.36. The predicted molar refractivity (Wildman–Crippen MR) is 85.1 cm³/mol. The summed E-state index contributed by atoms with van der Waals surface area (Å²) in [7, 11) is 0. The fourth-order valence-electron chi connectivity index (χ4n) is 1.81. The molecule has 5 heteroatoms. The van der Waals surface area contributed by atoms with Gasteiger partial charge in [-0.2, -0.15) is 0 Å². The lowest BCUT2D eigenvalue weighted by Gasteiger charge is -2.15. The van der Waals surface area contributed by atoms with Gasteiger partial charge in [-0.05, 0) is 42.3 Å². The van der Waals surface area contributed by atoms with Gasteiger partial charge in [0, 0.05) is 21.1 Å². The highest BCUT2D eigenvalue weighted by Crippen LogP contribution is 2.25. The van der Waals surface area contributed by atoms with Gasteiger partial charge in [0.15, 0.2) is 0 Å². The van der Waals surface area contributed by atoms with Crippen LogP contribution >= 0.6 is 34.8 Å². The highest BCUT2D eigenvalue weighted by Gasteiger charge is 2.11. The van der Waals surface area contributed by atoms with E-state index in [1.807, 2.05) is 18.2 Å². The molecule has 0 bridgehead atoms. The Morgan fingerprint density at radius 1 is 1.00 bits per heavy atom. The summed E-state index contributed by atoms with van der Waals surface area (Å²) in [6.07, 6.45) is 0.555. The SMILES string of the molecule is NC(COc1cccc(Cl)c1)Cc1c(Cl)cccc1Cl. The number of halogens is 3. The molecule has 106 valence electrons. The summed E-state index contributed by atoms with van der Waals surface area (Å²) in [6.45, 7) is 0.363. The third-order valence-corrected chi connectivity index (χ3v) is 3.73. The Kier molecular flexibility index (Phi) is 5.55. The number of rotatable bonds is 5. The van der Waals surface area contributed by atoms with Crippen molar-refractivity contribution in [1.29, 1.82) is 0 Å². The Balaban J connectivity index is 1.94. The van der Waals surface area contributed by atoms with Gasteiger partial charge in [-0.3, -0.25) is 0 Å². The fourth-order valence-corrected chi connectivity index (χ4v) is 2.54. The first-order chi connectivity index (χ1) is 9.56. The van der Waals surface area contributed by atoms with Gasteiger partial charge in [0.05, 0.1) is 0 Å². The van der Waals surface area contributed by atoms with Gasteiger partial charge in [-0.15, -0.1) is 0 Å². The molecule has 2 rings (SSSR count). The first-order valence-corrected chi connectivity index (χ1v) is 7.26. The molecular weight excluding hydrogens is 317 g/mol. The van der Waals surface area contributed by atoms with E-state index >= 15 is 0 Å². The zero-order valence-corrected chi connectivity index (χ0v) is 12.9. The van der Waals surface area contributed by atoms with Gasteiger partial charge < -0.3 is 10.5 Å². The van der Waals surface area contributed by atoms with Crippen LogP contribution in [0.4, 0.5) is 0 Å². The van der Waals surface area contributed by atoms with Crippen LogP contribution in [0.15, 0.2) is 42.5 Å². The normalized spacial score (nSPS) is 12.2. The molecule has 2 aromatic rings. The highest BCUT2D eigenvalue weighted by atomic mass is 35.5. The number of nitrogens with two attached hydrogens (primary N) is 1. The van der Waals surface area contributed by atoms with E-state index < -0.39 is 0 Å². The minimum absolute atomic E-state index is 0.202. The zero-order chi connectivity index (χ0) is 14.5. The summed E-state index contributed by atoms with van der Waals surface area (Å²) in [5, 5.41) is 1.87. The molecule has 0 aromatic heterocycles. The summed E-state index contributed by atoms with van der Waals surface area (Å²) in [5.41, 5.74) is 6.90. The van der Waals surface area contributed by atoms with Crippen LogP contribution < -0.4 is 10.5 Å². The lowest BCUT2D eigenvalue weighted by atomic mass is 10.1. The summed E-state index contributed by atoms with van der Waals surface area (Å²) in [4.78, 5) is 0. The van der Waals surface area contributed by atoms with Crippen LogP contribution in [0, 0.1) is 0 Å². The van der Waals surface area contributed by atoms with E-state index in [4.69, 9.17) is 45.3 Å². The first kappa shape index (κ1) is 15.5. The molecule has 0 amide bonds. The van der Waals surface area contributed by atoms with Crippen molar-refractivity contribution >= 4 is 34.8 Å². The molecule has 0 heterocycles. The average molecular weight is 331 g/mol. The van der Waals surface area contributed by atoms with Crippen LogP contribution in [-0.2, 0) is 6.42 Å². The maximum absolute atomic E-state index is 6.11. The van der Waals surface area contributed by atoms with E-state index in [9.17, 15) is 0 Å². The van der Waals surface area contributed by atoms with Crippen LogP contribution in [0.1, 0.15) is 5.56 Å². The molecule has 0 aliphatic carbocycles. The van der Waals surface area contributed by atoms with Gasteiger partial charge in [-0.25, -0.2) is 0 Å². The largest absolute Gasteiger partial charge is 0.492 e. The Labute approximate surface area is 133 Å². The fraction of sp³-hybridized carbons (Fsp3) is 0.200. The summed E-state index contributed by atoms with van der Waals surface area (Å²) >= 11 is 18.1. The molecule has 0 radical (unpaired) electrons. The second-order valence-corrected chi connectivity index (χ2v) is 5.68. The molecule has 20 heavy (non-hydrogen) atoms. The molecule has 2 aromatic carbocycles. The summed E-state index contributed by atoms with van der Waals surface area (Å²) in [6, 6.07) is 12.4. The summed E-state index contributed by atoms with van der Waals surface area (Å²) < 4.78 is 5.60. The lowest BCUT2D eigenvalue weighted by Crippen LogP contribution is -2.30. The predicted octanol–water partition coefficient (Wildman–Crippen LogP) is 4.60. The van der Waals surface area contributed by atoms with E-state index in [0.29, 0.717) is 33.8 Å². The Morgan fingerprint density at radius 2 is 1.65 bits per heavy atom. The zero-order valence-electron chi connectivity index (χ0n) is 10.7. The van der Waals surface area contributed by atoms with Crippen molar-refractivity contribution in [2.45, 2.75) is 12.5 Å². The number of ether oxygens (including phenoxy) is 1. The van der Waals surface area contributed by atoms with Crippen molar-refractivity contribution in [3.05, 3.63) is 63.1 Å². The third-order valence-electron chi connectivity index (χ3n) is 2.79. The van der Waals surface area contributed by atoms with Gasteiger partial charge in [-0.1, -0.05) is 46.9 Å². The number of benzene rings is 2. The molecule has 0 aliphatic heterocycles. The Hall–Kier alpha value is -0.930. The Bertz CT molecular complexity index is 569. The molecule has 2 nitrogen and oxygen atoms in total. The molecular formula is C15H14Cl3NO. The topological polar surface area (TPSA) is 35.2 Å². The lowest BCUT2D eigenvalue weighted by molar-refractivity contribution is 0.287. The maximum atomic E-state index is 6.11. The van der Waals surface area contributed by atoms with Crippen LogP contribution in [0.3, 0.4) is 0 Å². The molecule has 1 atom stereocenters. The quantitative estimate of drug-likeness (QED) is 0.870. The number of hydrogen-bond donors (Lipinski definition) is 1. The maximum Gasteiger partial charge on any atom is 0.120 e. The van der Waals surface area contributed by atoms with Crippen LogP contribution in [0.2, 0.25) is 15.1 Å². The summed E-state index contributed by atoms with van der Waals surface area (Å²) in [5.74, 6) is 0.693.